The molecule has 0 saturated carbocycles. The molecule has 114 valence electrons. The predicted molar refractivity (Wildman–Crippen MR) is 86.3 cm³/mol. The molecule has 3 aromatic rings. The van der Waals surface area contributed by atoms with E-state index in [2.05, 4.69) is 46.4 Å². The van der Waals surface area contributed by atoms with Crippen LogP contribution >= 0.6 is 0 Å². The third-order valence-electron chi connectivity index (χ3n) is 3.62. The highest BCUT2D eigenvalue weighted by atomic mass is 15.3. The van der Waals surface area contributed by atoms with Crippen LogP contribution in [0.5, 0.6) is 0 Å². The lowest BCUT2D eigenvalue weighted by atomic mass is 10.1. The molecule has 0 saturated heterocycles. The van der Waals surface area contributed by atoms with Gasteiger partial charge in [-0.25, -0.2) is 0 Å². The molecule has 2 aromatic heterocycles. The van der Waals surface area contributed by atoms with Crippen LogP contribution in [-0.4, -0.2) is 38.1 Å². The summed E-state index contributed by atoms with van der Waals surface area (Å²) in [7, 11) is 2.14. The van der Waals surface area contributed by atoms with Crippen LogP contribution in [0.2, 0.25) is 0 Å². The first-order valence-electron chi connectivity index (χ1n) is 7.51. The van der Waals surface area contributed by atoms with Crippen LogP contribution in [0.4, 0.5) is 0 Å². The van der Waals surface area contributed by atoms with Gasteiger partial charge in [0.1, 0.15) is 0 Å². The molecule has 1 aromatic carbocycles. The summed E-state index contributed by atoms with van der Waals surface area (Å²) in [6.45, 7) is 3.65. The number of hydrogen-bond acceptors (Lipinski definition) is 3. The van der Waals surface area contributed by atoms with Crippen molar-refractivity contribution in [2.24, 2.45) is 0 Å². The van der Waals surface area contributed by atoms with Crippen LogP contribution in [-0.2, 0) is 19.6 Å². The zero-order chi connectivity index (χ0) is 15.2. The molecule has 0 fully saturated rings. The molecule has 0 aliphatic rings. The highest BCUT2D eigenvalue weighted by Gasteiger charge is 2.03. The topological polar surface area (TPSA) is 38.9 Å². The molecule has 0 radical (unpaired) electrons. The summed E-state index contributed by atoms with van der Waals surface area (Å²) >= 11 is 0. The second-order valence-corrected chi connectivity index (χ2v) is 5.53. The maximum Gasteiger partial charge on any atom is 0.0659 e. The molecule has 2 heterocycles. The van der Waals surface area contributed by atoms with Gasteiger partial charge in [0.25, 0.3) is 0 Å². The van der Waals surface area contributed by atoms with Crippen molar-refractivity contribution in [3.63, 3.8) is 0 Å². The zero-order valence-corrected chi connectivity index (χ0v) is 12.8. The Morgan fingerprint density at radius 3 is 2.41 bits per heavy atom. The first kappa shape index (κ1) is 14.5. The van der Waals surface area contributed by atoms with Gasteiger partial charge in [0.2, 0.25) is 0 Å². The van der Waals surface area contributed by atoms with Crippen LogP contribution in [0, 0.1) is 0 Å². The van der Waals surface area contributed by atoms with E-state index in [0.29, 0.717) is 0 Å². The van der Waals surface area contributed by atoms with E-state index in [-0.39, 0.29) is 0 Å². The summed E-state index contributed by atoms with van der Waals surface area (Å²) < 4.78 is 3.91. The fourth-order valence-electron chi connectivity index (χ4n) is 2.50. The number of rotatable bonds is 7. The van der Waals surface area contributed by atoms with Crippen molar-refractivity contribution in [3.8, 4) is 0 Å². The van der Waals surface area contributed by atoms with Crippen LogP contribution < -0.4 is 0 Å². The normalized spacial score (nSPS) is 11.2. The van der Waals surface area contributed by atoms with E-state index in [0.717, 1.165) is 26.2 Å². The van der Waals surface area contributed by atoms with E-state index in [9.17, 15) is 0 Å². The molecule has 0 spiro atoms. The van der Waals surface area contributed by atoms with Gasteiger partial charge in [-0.3, -0.25) is 9.36 Å². The van der Waals surface area contributed by atoms with Gasteiger partial charge in [0.05, 0.1) is 13.1 Å². The van der Waals surface area contributed by atoms with Gasteiger partial charge in [0, 0.05) is 37.9 Å². The van der Waals surface area contributed by atoms with Crippen molar-refractivity contribution in [2.75, 3.05) is 13.6 Å². The molecular weight excluding hydrogens is 274 g/mol. The second-order valence-electron chi connectivity index (χ2n) is 5.53. The lowest BCUT2D eigenvalue weighted by Crippen LogP contribution is -2.23. The standard InChI is InChI=1S/C17H21N5/c1-20(11-12-21-9-3-7-18-21)14-16-5-2-6-17(13-16)15-22-10-4-8-19-22/h2-10,13H,11-12,14-15H2,1H3. The average Bonchev–Trinajstić information content (AvgIpc) is 3.19. The molecule has 0 bridgehead atoms. The third-order valence-corrected chi connectivity index (χ3v) is 3.62. The smallest absolute Gasteiger partial charge is 0.0659 e. The van der Waals surface area contributed by atoms with Crippen LogP contribution in [0.1, 0.15) is 11.1 Å². The largest absolute Gasteiger partial charge is 0.300 e. The number of nitrogens with zero attached hydrogens (tertiary/aromatic N) is 5. The minimum absolute atomic E-state index is 0.817. The Hall–Kier alpha value is -2.40. The van der Waals surface area contributed by atoms with Crippen molar-refractivity contribution in [2.45, 2.75) is 19.6 Å². The van der Waals surface area contributed by atoms with Crippen LogP contribution in [0.25, 0.3) is 0 Å². The fraction of sp³-hybridized carbons (Fsp3) is 0.294. The minimum atomic E-state index is 0.817. The van der Waals surface area contributed by atoms with E-state index < -0.39 is 0 Å². The molecule has 22 heavy (non-hydrogen) atoms. The van der Waals surface area contributed by atoms with Crippen molar-refractivity contribution < 1.29 is 0 Å². The second kappa shape index (κ2) is 7.04. The first-order chi connectivity index (χ1) is 10.8. The Bertz CT molecular complexity index is 673. The minimum Gasteiger partial charge on any atom is -0.300 e. The SMILES string of the molecule is CN(CCn1cccn1)Cc1cccc(Cn2cccn2)c1. The third kappa shape index (κ3) is 4.05. The zero-order valence-electron chi connectivity index (χ0n) is 12.8. The number of aromatic nitrogens is 4. The number of likely N-dealkylation sites (N-methyl/N-ethyl adjacent to an activating group) is 1. The number of hydrogen-bond donors (Lipinski definition) is 0. The van der Waals surface area contributed by atoms with Gasteiger partial charge in [-0.2, -0.15) is 10.2 Å². The van der Waals surface area contributed by atoms with Crippen molar-refractivity contribution in [1.82, 2.24) is 24.5 Å². The Morgan fingerprint density at radius 2 is 1.68 bits per heavy atom. The average molecular weight is 295 g/mol. The quantitative estimate of drug-likeness (QED) is 0.671. The monoisotopic (exact) mass is 295 g/mol. The Kier molecular flexibility index (Phi) is 4.65. The molecule has 3 rings (SSSR count). The van der Waals surface area contributed by atoms with E-state index >= 15 is 0 Å². The summed E-state index contributed by atoms with van der Waals surface area (Å²) in [6, 6.07) is 12.6. The molecule has 0 N–H and O–H groups in total. The molecule has 0 aliphatic carbocycles. The molecule has 5 heteroatoms. The molecule has 5 nitrogen and oxygen atoms in total. The summed E-state index contributed by atoms with van der Waals surface area (Å²) in [5.41, 5.74) is 2.61. The van der Waals surface area contributed by atoms with Gasteiger partial charge >= 0.3 is 0 Å². The lowest BCUT2D eigenvalue weighted by molar-refractivity contribution is 0.305. The van der Waals surface area contributed by atoms with Gasteiger partial charge < -0.3 is 4.90 Å². The fourth-order valence-corrected chi connectivity index (χ4v) is 2.50. The first-order valence-corrected chi connectivity index (χ1v) is 7.51. The summed E-state index contributed by atoms with van der Waals surface area (Å²) in [5.74, 6) is 0. The molecule has 0 atom stereocenters. The Labute approximate surface area is 130 Å². The van der Waals surface area contributed by atoms with Gasteiger partial charge in [-0.05, 0) is 30.3 Å². The van der Waals surface area contributed by atoms with Crippen LogP contribution in [0.15, 0.2) is 61.2 Å². The lowest BCUT2D eigenvalue weighted by Gasteiger charge is -2.17. The molecule has 0 amide bonds. The van der Waals surface area contributed by atoms with Crippen molar-refractivity contribution >= 4 is 0 Å². The van der Waals surface area contributed by atoms with E-state index in [1.165, 1.54) is 11.1 Å². The highest BCUT2D eigenvalue weighted by molar-refractivity contribution is 5.23. The van der Waals surface area contributed by atoms with E-state index in [1.54, 1.807) is 0 Å². The van der Waals surface area contributed by atoms with Crippen molar-refractivity contribution in [3.05, 3.63) is 72.3 Å². The summed E-state index contributed by atoms with van der Waals surface area (Å²) in [6.07, 6.45) is 7.62. The van der Waals surface area contributed by atoms with Crippen molar-refractivity contribution in [1.29, 1.82) is 0 Å². The van der Waals surface area contributed by atoms with Gasteiger partial charge in [-0.15, -0.1) is 0 Å². The van der Waals surface area contributed by atoms with Crippen LogP contribution in [0.3, 0.4) is 0 Å². The Morgan fingerprint density at radius 1 is 0.955 bits per heavy atom. The maximum atomic E-state index is 4.26. The maximum absolute atomic E-state index is 4.26. The Balaban J connectivity index is 1.55. The molecular formula is C17H21N5. The van der Waals surface area contributed by atoms with E-state index in [1.807, 2.05) is 46.3 Å². The molecule has 0 aliphatic heterocycles. The van der Waals surface area contributed by atoms with Gasteiger partial charge in [0.15, 0.2) is 0 Å². The van der Waals surface area contributed by atoms with E-state index in [4.69, 9.17) is 0 Å². The summed E-state index contributed by atoms with van der Waals surface area (Å²) in [4.78, 5) is 2.31. The molecule has 0 unspecified atom stereocenters. The summed E-state index contributed by atoms with van der Waals surface area (Å²) in [5, 5.41) is 8.49. The highest BCUT2D eigenvalue weighted by Crippen LogP contribution is 2.09. The van der Waals surface area contributed by atoms with Gasteiger partial charge in [-0.1, -0.05) is 24.3 Å². The predicted octanol–water partition coefficient (Wildman–Crippen LogP) is 2.26. The number of benzene rings is 1.